The Bertz CT molecular complexity index is 552. The van der Waals surface area contributed by atoms with Gasteiger partial charge in [0.25, 0.3) is 5.91 Å². The molecule has 4 nitrogen and oxygen atoms in total. The first-order valence-electron chi connectivity index (χ1n) is 8.98. The zero-order chi connectivity index (χ0) is 16.2. The fourth-order valence-electron chi connectivity index (χ4n) is 3.86. The molecule has 4 heteroatoms. The van der Waals surface area contributed by atoms with Gasteiger partial charge in [-0.25, -0.2) is 0 Å². The summed E-state index contributed by atoms with van der Waals surface area (Å²) in [6.07, 6.45) is 7.17. The first-order valence-corrected chi connectivity index (χ1v) is 8.98. The third kappa shape index (κ3) is 3.86. The molecular formula is C19H28N2O2. The van der Waals surface area contributed by atoms with Crippen LogP contribution in [0.2, 0.25) is 0 Å². The molecule has 0 bridgehead atoms. The number of carbonyl (C=O) groups excluding carboxylic acids is 1. The molecule has 0 aromatic heterocycles. The van der Waals surface area contributed by atoms with Crippen LogP contribution in [-0.2, 0) is 0 Å². The fraction of sp³-hybridized carbons (Fsp3) is 0.632. The SMILES string of the molecule is Cc1cc(C(=O)N2CCCCC2CCN2CCCC2)ccc1O. The van der Waals surface area contributed by atoms with Crippen LogP contribution in [-0.4, -0.2) is 53.0 Å². The number of nitrogens with zero attached hydrogens (tertiary/aromatic N) is 2. The number of hydrogen-bond donors (Lipinski definition) is 1. The Hall–Kier alpha value is -1.55. The topological polar surface area (TPSA) is 43.8 Å². The summed E-state index contributed by atoms with van der Waals surface area (Å²) in [5, 5.41) is 9.66. The van der Waals surface area contributed by atoms with E-state index in [1.54, 1.807) is 12.1 Å². The Morgan fingerprint density at radius 2 is 1.91 bits per heavy atom. The molecule has 1 atom stereocenters. The van der Waals surface area contributed by atoms with Gasteiger partial charge in [0.15, 0.2) is 0 Å². The second kappa shape index (κ2) is 7.35. The van der Waals surface area contributed by atoms with Crippen molar-refractivity contribution in [2.24, 2.45) is 0 Å². The number of likely N-dealkylation sites (tertiary alicyclic amines) is 2. The summed E-state index contributed by atoms with van der Waals surface area (Å²) in [5.41, 5.74) is 1.47. The monoisotopic (exact) mass is 316 g/mol. The van der Waals surface area contributed by atoms with Crippen molar-refractivity contribution in [3.8, 4) is 5.75 Å². The lowest BCUT2D eigenvalue weighted by Gasteiger charge is -2.37. The van der Waals surface area contributed by atoms with Crippen LogP contribution in [0.5, 0.6) is 5.75 Å². The maximum atomic E-state index is 12.9. The van der Waals surface area contributed by atoms with Crippen LogP contribution in [0.4, 0.5) is 0 Å². The maximum Gasteiger partial charge on any atom is 0.254 e. The normalized spacial score (nSPS) is 22.5. The summed E-state index contributed by atoms with van der Waals surface area (Å²) < 4.78 is 0. The van der Waals surface area contributed by atoms with Gasteiger partial charge in [0, 0.05) is 24.7 Å². The Morgan fingerprint density at radius 1 is 1.17 bits per heavy atom. The van der Waals surface area contributed by atoms with Crippen LogP contribution in [0.25, 0.3) is 0 Å². The van der Waals surface area contributed by atoms with Gasteiger partial charge >= 0.3 is 0 Å². The lowest BCUT2D eigenvalue weighted by Crippen LogP contribution is -2.45. The van der Waals surface area contributed by atoms with Gasteiger partial charge in [0.1, 0.15) is 5.75 Å². The smallest absolute Gasteiger partial charge is 0.254 e. The molecule has 2 aliphatic rings. The molecule has 23 heavy (non-hydrogen) atoms. The Balaban J connectivity index is 1.66. The second-order valence-electron chi connectivity index (χ2n) is 6.99. The number of carbonyl (C=O) groups is 1. The van der Waals surface area contributed by atoms with Gasteiger partial charge in [0.2, 0.25) is 0 Å². The van der Waals surface area contributed by atoms with E-state index in [4.69, 9.17) is 0 Å². The number of piperidine rings is 1. The number of hydrogen-bond acceptors (Lipinski definition) is 3. The van der Waals surface area contributed by atoms with E-state index in [0.717, 1.165) is 37.9 Å². The predicted molar refractivity (Wildman–Crippen MR) is 91.8 cm³/mol. The van der Waals surface area contributed by atoms with Crippen LogP contribution in [0.15, 0.2) is 18.2 Å². The highest BCUT2D eigenvalue weighted by molar-refractivity contribution is 5.94. The molecular weight excluding hydrogens is 288 g/mol. The lowest BCUT2D eigenvalue weighted by atomic mass is 9.97. The van der Waals surface area contributed by atoms with E-state index < -0.39 is 0 Å². The van der Waals surface area contributed by atoms with Gasteiger partial charge in [-0.2, -0.15) is 0 Å². The summed E-state index contributed by atoms with van der Waals surface area (Å²) >= 11 is 0. The van der Waals surface area contributed by atoms with Gasteiger partial charge in [-0.15, -0.1) is 0 Å². The van der Waals surface area contributed by atoms with Gasteiger partial charge in [-0.05, 0) is 82.3 Å². The van der Waals surface area contributed by atoms with E-state index in [-0.39, 0.29) is 11.7 Å². The summed E-state index contributed by atoms with van der Waals surface area (Å²) in [4.78, 5) is 17.5. The molecule has 0 radical (unpaired) electrons. The standard InChI is InChI=1S/C19H28N2O2/c1-15-14-16(7-8-18(15)22)19(23)21-12-3-2-6-17(21)9-13-20-10-4-5-11-20/h7-8,14,17,22H,2-6,9-13H2,1H3. The number of amides is 1. The number of aromatic hydroxyl groups is 1. The Labute approximate surface area is 139 Å². The molecule has 3 rings (SSSR count). The maximum absolute atomic E-state index is 12.9. The minimum absolute atomic E-state index is 0.124. The van der Waals surface area contributed by atoms with Crippen LogP contribution in [0.1, 0.15) is 54.4 Å². The molecule has 1 unspecified atom stereocenters. The molecule has 2 fully saturated rings. The number of benzene rings is 1. The molecule has 0 aliphatic carbocycles. The van der Waals surface area contributed by atoms with E-state index in [9.17, 15) is 9.90 Å². The molecule has 1 N–H and O–H groups in total. The van der Waals surface area contributed by atoms with Gasteiger partial charge in [-0.3, -0.25) is 4.79 Å². The van der Waals surface area contributed by atoms with Crippen molar-refractivity contribution in [3.63, 3.8) is 0 Å². The summed E-state index contributed by atoms with van der Waals surface area (Å²) in [7, 11) is 0. The number of rotatable bonds is 4. The van der Waals surface area contributed by atoms with Crippen LogP contribution >= 0.6 is 0 Å². The molecule has 0 spiro atoms. The molecule has 2 heterocycles. The van der Waals surface area contributed by atoms with Crippen molar-refractivity contribution in [2.45, 2.75) is 51.5 Å². The molecule has 1 aromatic carbocycles. The minimum Gasteiger partial charge on any atom is -0.508 e. The van der Waals surface area contributed by atoms with Crippen molar-refractivity contribution in [3.05, 3.63) is 29.3 Å². The molecule has 1 aromatic rings. The average Bonchev–Trinajstić information content (AvgIpc) is 3.08. The highest BCUT2D eigenvalue weighted by Gasteiger charge is 2.28. The third-order valence-electron chi connectivity index (χ3n) is 5.31. The zero-order valence-electron chi connectivity index (χ0n) is 14.1. The second-order valence-corrected chi connectivity index (χ2v) is 6.99. The number of phenols is 1. The van der Waals surface area contributed by atoms with E-state index in [1.807, 2.05) is 13.0 Å². The Morgan fingerprint density at radius 3 is 2.65 bits per heavy atom. The van der Waals surface area contributed by atoms with Crippen molar-refractivity contribution in [1.82, 2.24) is 9.80 Å². The van der Waals surface area contributed by atoms with Gasteiger partial charge < -0.3 is 14.9 Å². The van der Waals surface area contributed by atoms with Crippen LogP contribution < -0.4 is 0 Å². The zero-order valence-corrected chi connectivity index (χ0v) is 14.1. The minimum atomic E-state index is 0.124. The molecule has 1 amide bonds. The first-order chi connectivity index (χ1) is 11.1. The summed E-state index contributed by atoms with van der Waals surface area (Å²) in [5.74, 6) is 0.380. The molecule has 126 valence electrons. The first kappa shape index (κ1) is 16.3. The summed E-state index contributed by atoms with van der Waals surface area (Å²) in [6.45, 7) is 6.26. The van der Waals surface area contributed by atoms with Crippen LogP contribution in [0.3, 0.4) is 0 Å². The quantitative estimate of drug-likeness (QED) is 0.928. The van der Waals surface area contributed by atoms with Crippen molar-refractivity contribution in [1.29, 1.82) is 0 Å². The van der Waals surface area contributed by atoms with E-state index >= 15 is 0 Å². The van der Waals surface area contributed by atoms with Gasteiger partial charge in [0.05, 0.1) is 0 Å². The number of aryl methyl sites for hydroxylation is 1. The van der Waals surface area contributed by atoms with Crippen LogP contribution in [0, 0.1) is 6.92 Å². The Kier molecular flexibility index (Phi) is 5.21. The van der Waals surface area contributed by atoms with E-state index in [1.165, 1.54) is 32.4 Å². The molecule has 2 aliphatic heterocycles. The van der Waals surface area contributed by atoms with Crippen molar-refractivity contribution < 1.29 is 9.90 Å². The molecule has 2 saturated heterocycles. The fourth-order valence-corrected chi connectivity index (χ4v) is 3.86. The largest absolute Gasteiger partial charge is 0.508 e. The van der Waals surface area contributed by atoms with E-state index in [0.29, 0.717) is 11.6 Å². The highest BCUT2D eigenvalue weighted by Crippen LogP contribution is 2.25. The predicted octanol–water partition coefficient (Wildman–Crippen LogP) is 3.18. The van der Waals surface area contributed by atoms with Gasteiger partial charge in [-0.1, -0.05) is 0 Å². The van der Waals surface area contributed by atoms with Crippen molar-refractivity contribution >= 4 is 5.91 Å². The van der Waals surface area contributed by atoms with E-state index in [2.05, 4.69) is 9.80 Å². The third-order valence-corrected chi connectivity index (χ3v) is 5.31. The number of phenolic OH excluding ortho intramolecular Hbond substituents is 1. The average molecular weight is 316 g/mol. The molecule has 0 saturated carbocycles. The lowest BCUT2D eigenvalue weighted by molar-refractivity contribution is 0.0588. The highest BCUT2D eigenvalue weighted by atomic mass is 16.3. The summed E-state index contributed by atoms with van der Waals surface area (Å²) in [6, 6.07) is 5.55. The van der Waals surface area contributed by atoms with Crippen molar-refractivity contribution in [2.75, 3.05) is 26.2 Å².